The van der Waals surface area contributed by atoms with Crippen molar-refractivity contribution < 1.29 is 9.47 Å². The van der Waals surface area contributed by atoms with E-state index in [2.05, 4.69) is 18.0 Å². The molecule has 0 radical (unpaired) electrons. The summed E-state index contributed by atoms with van der Waals surface area (Å²) >= 11 is 0. The lowest BCUT2D eigenvalue weighted by molar-refractivity contribution is 0.175. The van der Waals surface area contributed by atoms with Gasteiger partial charge in [0.25, 0.3) is 0 Å². The summed E-state index contributed by atoms with van der Waals surface area (Å²) in [7, 11) is 5.85. The van der Waals surface area contributed by atoms with Gasteiger partial charge in [-0.3, -0.25) is 4.90 Å². The lowest BCUT2D eigenvalue weighted by atomic mass is 9.64. The highest BCUT2D eigenvalue weighted by atomic mass is 35.5. The second-order valence-electron chi connectivity index (χ2n) is 7.33. The predicted molar refractivity (Wildman–Crippen MR) is 95.2 cm³/mol. The van der Waals surface area contributed by atoms with Crippen LogP contribution in [0, 0.1) is 0 Å². The Labute approximate surface area is 145 Å². The van der Waals surface area contributed by atoms with Crippen LogP contribution in [0.2, 0.25) is 0 Å². The number of likely N-dealkylation sites (N-methyl/N-ethyl adjacent to an activating group) is 1. The number of nitrogens with zero attached hydrogens (tertiary/aromatic N) is 1. The largest absolute Gasteiger partial charge is 0.493 e. The number of halogens is 1. The molecule has 1 aromatic rings. The van der Waals surface area contributed by atoms with E-state index >= 15 is 0 Å². The number of ether oxygens (including phenoxy) is 2. The van der Waals surface area contributed by atoms with Gasteiger partial charge in [-0.05, 0) is 61.8 Å². The zero-order valence-electron chi connectivity index (χ0n) is 14.5. The SMILES string of the molecule is COc1cc2c3c(c1OC)C1(CCCC1)CCC3N(C)CC2.Cl. The quantitative estimate of drug-likeness (QED) is 0.804. The van der Waals surface area contributed by atoms with E-state index in [1.54, 1.807) is 19.8 Å². The van der Waals surface area contributed by atoms with E-state index in [4.69, 9.17) is 9.47 Å². The number of methoxy groups -OCH3 is 2. The van der Waals surface area contributed by atoms with E-state index in [1.807, 2.05) is 0 Å². The van der Waals surface area contributed by atoms with E-state index in [1.165, 1.54) is 49.7 Å². The van der Waals surface area contributed by atoms with Crippen molar-refractivity contribution in [3.63, 3.8) is 0 Å². The molecule has 0 N–H and O–H groups in total. The molecule has 23 heavy (non-hydrogen) atoms. The molecule has 3 aliphatic rings. The molecule has 3 nitrogen and oxygen atoms in total. The molecule has 4 heteroatoms. The lowest BCUT2D eigenvalue weighted by Crippen LogP contribution is -2.40. The second-order valence-corrected chi connectivity index (χ2v) is 7.33. The summed E-state index contributed by atoms with van der Waals surface area (Å²) in [6.07, 6.45) is 9.08. The number of fused-ring (bicyclic) bond motifs is 1. The minimum Gasteiger partial charge on any atom is -0.493 e. The predicted octanol–water partition coefficient (Wildman–Crippen LogP) is 4.26. The Morgan fingerprint density at radius 2 is 1.87 bits per heavy atom. The van der Waals surface area contributed by atoms with Crippen molar-refractivity contribution in [2.45, 2.75) is 56.4 Å². The molecule has 0 amide bonds. The van der Waals surface area contributed by atoms with Gasteiger partial charge in [0.15, 0.2) is 11.5 Å². The number of hydrogen-bond acceptors (Lipinski definition) is 3. The van der Waals surface area contributed by atoms with Crippen LogP contribution in [0.5, 0.6) is 11.5 Å². The third-order valence-corrected chi connectivity index (χ3v) is 6.38. The first kappa shape index (κ1) is 16.9. The van der Waals surface area contributed by atoms with E-state index in [-0.39, 0.29) is 12.4 Å². The summed E-state index contributed by atoms with van der Waals surface area (Å²) in [5.41, 5.74) is 4.93. The van der Waals surface area contributed by atoms with Gasteiger partial charge in [-0.25, -0.2) is 0 Å². The van der Waals surface area contributed by atoms with Crippen LogP contribution < -0.4 is 9.47 Å². The van der Waals surface area contributed by atoms with Gasteiger partial charge in [-0.1, -0.05) is 12.8 Å². The van der Waals surface area contributed by atoms with Crippen LogP contribution in [0.4, 0.5) is 0 Å². The Morgan fingerprint density at radius 3 is 2.52 bits per heavy atom. The van der Waals surface area contributed by atoms with Gasteiger partial charge in [-0.15, -0.1) is 12.4 Å². The molecule has 0 saturated heterocycles. The number of rotatable bonds is 2. The Morgan fingerprint density at radius 1 is 1.13 bits per heavy atom. The summed E-state index contributed by atoms with van der Waals surface area (Å²) in [5, 5.41) is 0. The molecule has 1 heterocycles. The van der Waals surface area contributed by atoms with Crippen molar-refractivity contribution in [2.24, 2.45) is 0 Å². The van der Waals surface area contributed by atoms with Crippen LogP contribution >= 0.6 is 12.4 Å². The molecular formula is C19H28ClNO2. The van der Waals surface area contributed by atoms with Crippen LogP contribution in [0.3, 0.4) is 0 Å². The van der Waals surface area contributed by atoms with Crippen molar-refractivity contribution >= 4 is 12.4 Å². The van der Waals surface area contributed by atoms with Gasteiger partial charge in [-0.2, -0.15) is 0 Å². The smallest absolute Gasteiger partial charge is 0.164 e. The monoisotopic (exact) mass is 337 g/mol. The fourth-order valence-corrected chi connectivity index (χ4v) is 5.30. The summed E-state index contributed by atoms with van der Waals surface area (Å²) in [5.74, 6) is 1.95. The Bertz CT molecular complexity index is 596. The first-order valence-corrected chi connectivity index (χ1v) is 8.68. The minimum atomic E-state index is 0. The summed E-state index contributed by atoms with van der Waals surface area (Å²) in [6, 6.07) is 2.82. The number of hydrogen-bond donors (Lipinski definition) is 0. The molecule has 4 rings (SSSR count). The molecule has 1 aromatic carbocycles. The Balaban J connectivity index is 0.00000156. The first-order chi connectivity index (χ1) is 10.7. The molecule has 1 saturated carbocycles. The fourth-order valence-electron chi connectivity index (χ4n) is 5.30. The first-order valence-electron chi connectivity index (χ1n) is 8.68. The molecule has 1 fully saturated rings. The molecule has 2 aliphatic carbocycles. The average molecular weight is 338 g/mol. The highest BCUT2D eigenvalue weighted by Gasteiger charge is 2.47. The van der Waals surface area contributed by atoms with Gasteiger partial charge < -0.3 is 9.47 Å². The van der Waals surface area contributed by atoms with Crippen LogP contribution in [0.1, 0.15) is 61.3 Å². The van der Waals surface area contributed by atoms with Crippen LogP contribution in [-0.4, -0.2) is 32.7 Å². The third-order valence-electron chi connectivity index (χ3n) is 6.38. The summed E-state index contributed by atoms with van der Waals surface area (Å²) in [6.45, 7) is 1.15. The third kappa shape index (κ3) is 2.35. The van der Waals surface area contributed by atoms with Gasteiger partial charge in [0.05, 0.1) is 14.2 Å². The topological polar surface area (TPSA) is 21.7 Å². The maximum atomic E-state index is 5.89. The summed E-state index contributed by atoms with van der Waals surface area (Å²) in [4.78, 5) is 2.54. The molecule has 0 aromatic heterocycles. The van der Waals surface area contributed by atoms with E-state index < -0.39 is 0 Å². The van der Waals surface area contributed by atoms with Gasteiger partial charge in [0.1, 0.15) is 0 Å². The van der Waals surface area contributed by atoms with Crippen LogP contribution in [0.25, 0.3) is 0 Å². The second kappa shape index (κ2) is 6.18. The maximum absolute atomic E-state index is 5.89. The number of benzene rings is 1. The highest BCUT2D eigenvalue weighted by molar-refractivity contribution is 5.85. The van der Waals surface area contributed by atoms with Gasteiger partial charge in [0.2, 0.25) is 0 Å². The normalized spacial score (nSPS) is 24.9. The highest BCUT2D eigenvalue weighted by Crippen LogP contribution is 2.58. The molecule has 128 valence electrons. The van der Waals surface area contributed by atoms with Gasteiger partial charge >= 0.3 is 0 Å². The van der Waals surface area contributed by atoms with Crippen molar-refractivity contribution in [1.29, 1.82) is 0 Å². The van der Waals surface area contributed by atoms with E-state index in [9.17, 15) is 0 Å². The Kier molecular flexibility index (Phi) is 4.54. The van der Waals surface area contributed by atoms with Crippen molar-refractivity contribution in [2.75, 3.05) is 27.8 Å². The molecule has 1 unspecified atom stereocenters. The van der Waals surface area contributed by atoms with Crippen LogP contribution in [-0.2, 0) is 11.8 Å². The van der Waals surface area contributed by atoms with Crippen molar-refractivity contribution in [3.05, 3.63) is 22.8 Å². The zero-order chi connectivity index (χ0) is 15.3. The fraction of sp³-hybridized carbons (Fsp3) is 0.684. The summed E-state index contributed by atoms with van der Waals surface area (Å²) < 4.78 is 11.6. The van der Waals surface area contributed by atoms with E-state index in [0.29, 0.717) is 11.5 Å². The molecule has 0 bridgehead atoms. The van der Waals surface area contributed by atoms with Crippen molar-refractivity contribution in [3.8, 4) is 11.5 Å². The molecule has 1 atom stereocenters. The van der Waals surface area contributed by atoms with Crippen molar-refractivity contribution in [1.82, 2.24) is 4.90 Å². The van der Waals surface area contributed by atoms with Crippen LogP contribution in [0.15, 0.2) is 6.07 Å². The Hall–Kier alpha value is -0.930. The minimum absolute atomic E-state index is 0. The van der Waals surface area contributed by atoms with E-state index in [0.717, 1.165) is 24.5 Å². The lowest BCUT2D eigenvalue weighted by Gasteiger charge is -2.46. The molecule has 1 aliphatic heterocycles. The standard InChI is InChI=1S/C19H27NO2.ClH/c1-20-11-7-13-12-15(21-2)18(22-3)17-16(13)14(20)6-10-19(17)8-4-5-9-19;/h12,14H,4-11H2,1-3H3;1H. The zero-order valence-corrected chi connectivity index (χ0v) is 15.3. The van der Waals surface area contributed by atoms with Gasteiger partial charge in [0, 0.05) is 18.2 Å². The molecular weight excluding hydrogens is 310 g/mol. The average Bonchev–Trinajstić information content (AvgIpc) is 3.01. The maximum Gasteiger partial charge on any atom is 0.164 e. The molecule has 1 spiro atoms.